The van der Waals surface area contributed by atoms with E-state index in [1.54, 1.807) is 24.3 Å². The summed E-state index contributed by atoms with van der Waals surface area (Å²) in [6, 6.07) is 9.34. The first kappa shape index (κ1) is 26.0. The minimum absolute atomic E-state index is 0.332. The van der Waals surface area contributed by atoms with Gasteiger partial charge >= 0.3 is 6.18 Å². The Bertz CT molecular complexity index is 1540. The molecule has 0 fully saturated rings. The molecule has 5 rings (SSSR count). The molecule has 38 heavy (non-hydrogen) atoms. The highest BCUT2D eigenvalue weighted by Gasteiger charge is 2.48. The van der Waals surface area contributed by atoms with Gasteiger partial charge in [-0.05, 0) is 30.2 Å². The first-order valence-corrected chi connectivity index (χ1v) is 12.7. The van der Waals surface area contributed by atoms with Gasteiger partial charge in [0.15, 0.2) is 11.4 Å². The number of halogens is 4. The van der Waals surface area contributed by atoms with Crippen molar-refractivity contribution in [3.05, 3.63) is 91.9 Å². The zero-order valence-corrected chi connectivity index (χ0v) is 21.3. The average molecular weight is 565 g/mol. The Balaban J connectivity index is 1.85. The number of alkyl halides is 3. The number of rotatable bonds is 3. The molecule has 2 aromatic carbocycles. The van der Waals surface area contributed by atoms with Crippen LogP contribution in [0.5, 0.6) is 5.75 Å². The molecule has 3 aromatic rings. The maximum absolute atomic E-state index is 13.9. The molecule has 0 bridgehead atoms. The number of primary amides is 1. The second-order valence-electron chi connectivity index (χ2n) is 8.89. The van der Waals surface area contributed by atoms with Crippen LogP contribution in [-0.4, -0.2) is 45.4 Å². The van der Waals surface area contributed by atoms with Gasteiger partial charge < -0.3 is 15.7 Å². The maximum atomic E-state index is 13.9. The van der Waals surface area contributed by atoms with Crippen molar-refractivity contribution in [3.8, 4) is 5.75 Å². The number of nitrogens with zero attached hydrogens (tertiary/aromatic N) is 3. The third-order valence-electron chi connectivity index (χ3n) is 6.72. The summed E-state index contributed by atoms with van der Waals surface area (Å²) in [4.78, 5) is 39.4. The molecule has 2 atom stereocenters. The Hall–Kier alpha value is -3.64. The van der Waals surface area contributed by atoms with Gasteiger partial charge in [0.2, 0.25) is 5.43 Å². The third kappa shape index (κ3) is 4.08. The highest BCUT2D eigenvalue weighted by Crippen LogP contribution is 2.45. The van der Waals surface area contributed by atoms with E-state index in [0.717, 1.165) is 28.3 Å². The fourth-order valence-electron chi connectivity index (χ4n) is 4.74. The third-order valence-corrected chi connectivity index (χ3v) is 8.19. The molecule has 0 saturated carbocycles. The Morgan fingerprint density at radius 2 is 1.89 bits per heavy atom. The number of pyridine rings is 1. The van der Waals surface area contributed by atoms with Crippen molar-refractivity contribution in [3.63, 3.8) is 0 Å². The van der Waals surface area contributed by atoms with Gasteiger partial charge in [-0.15, -0.1) is 11.8 Å². The summed E-state index contributed by atoms with van der Waals surface area (Å²) >= 11 is 8.19. The highest BCUT2D eigenvalue weighted by atomic mass is 35.5. The normalized spacial score (nSPS) is 17.8. The van der Waals surface area contributed by atoms with Crippen LogP contribution in [0.25, 0.3) is 0 Å². The van der Waals surface area contributed by atoms with Crippen molar-refractivity contribution in [2.75, 3.05) is 11.7 Å². The van der Waals surface area contributed by atoms with Crippen LogP contribution in [0.3, 0.4) is 0 Å². The van der Waals surface area contributed by atoms with Crippen LogP contribution >= 0.6 is 23.4 Å². The molecule has 198 valence electrons. The molecular weight excluding hydrogens is 545 g/mol. The van der Waals surface area contributed by atoms with E-state index in [4.69, 9.17) is 17.3 Å². The minimum Gasteiger partial charge on any atom is -0.502 e. The van der Waals surface area contributed by atoms with E-state index in [0.29, 0.717) is 26.8 Å². The number of aromatic hydroxyl groups is 1. The standard InChI is InChI=1S/C25H20ClF3N4O4S/c1-12(25(27,28)29)31-11-33(32-9-15(23(30)36)21(34)22(35)20(32)24(31)37)19-14-6-2-3-8-17(14)38-10-13-5-4-7-16(26)18(13)19/h2-9,12,19,35H,10-11H2,1H3,(H2,30,36)/t12-,19-/m1/s1. The second-order valence-corrected chi connectivity index (χ2v) is 10.3. The lowest BCUT2D eigenvalue weighted by atomic mass is 9.94. The monoisotopic (exact) mass is 564 g/mol. The number of carbonyl (C=O) groups excluding carboxylic acids is 2. The molecule has 0 unspecified atom stereocenters. The molecule has 2 aliphatic rings. The van der Waals surface area contributed by atoms with E-state index in [1.165, 1.54) is 16.8 Å². The van der Waals surface area contributed by atoms with Crippen molar-refractivity contribution in [1.82, 2.24) is 9.58 Å². The quantitative estimate of drug-likeness (QED) is 0.498. The molecule has 0 radical (unpaired) electrons. The van der Waals surface area contributed by atoms with Crippen LogP contribution in [0.15, 0.2) is 58.4 Å². The van der Waals surface area contributed by atoms with E-state index in [9.17, 15) is 32.7 Å². The Morgan fingerprint density at radius 1 is 1.18 bits per heavy atom. The fourth-order valence-corrected chi connectivity index (χ4v) is 6.13. The summed E-state index contributed by atoms with van der Waals surface area (Å²) in [6.45, 7) is 0.206. The van der Waals surface area contributed by atoms with Crippen molar-refractivity contribution in [2.24, 2.45) is 5.73 Å². The number of amides is 2. The van der Waals surface area contributed by atoms with E-state index in [2.05, 4.69) is 0 Å². The van der Waals surface area contributed by atoms with Crippen LogP contribution in [0, 0.1) is 0 Å². The molecule has 2 amide bonds. The number of hydrogen-bond acceptors (Lipinski definition) is 6. The highest BCUT2D eigenvalue weighted by molar-refractivity contribution is 7.98. The first-order chi connectivity index (χ1) is 17.9. The number of carbonyl (C=O) groups is 2. The van der Waals surface area contributed by atoms with E-state index in [1.807, 2.05) is 18.2 Å². The molecule has 2 aliphatic heterocycles. The molecular formula is C25H20ClF3N4O4S. The lowest BCUT2D eigenvalue weighted by Crippen LogP contribution is -2.60. The van der Waals surface area contributed by atoms with Gasteiger partial charge in [-0.2, -0.15) is 13.2 Å². The molecule has 13 heteroatoms. The van der Waals surface area contributed by atoms with Crippen molar-refractivity contribution in [1.29, 1.82) is 0 Å². The predicted octanol–water partition coefficient (Wildman–Crippen LogP) is 4.00. The van der Waals surface area contributed by atoms with Crippen molar-refractivity contribution >= 4 is 35.2 Å². The summed E-state index contributed by atoms with van der Waals surface area (Å²) in [5, 5.41) is 12.4. The van der Waals surface area contributed by atoms with Gasteiger partial charge in [-0.1, -0.05) is 41.9 Å². The van der Waals surface area contributed by atoms with Gasteiger partial charge in [0.25, 0.3) is 11.8 Å². The minimum atomic E-state index is -4.81. The molecule has 3 N–H and O–H groups in total. The number of hydrogen-bond donors (Lipinski definition) is 2. The zero-order valence-electron chi connectivity index (χ0n) is 19.7. The van der Waals surface area contributed by atoms with Gasteiger partial charge in [-0.25, -0.2) is 0 Å². The van der Waals surface area contributed by atoms with Gasteiger partial charge in [0.1, 0.15) is 24.3 Å². The van der Waals surface area contributed by atoms with Crippen molar-refractivity contribution in [2.45, 2.75) is 35.8 Å². The first-order valence-electron chi connectivity index (χ1n) is 11.3. The Kier molecular flexibility index (Phi) is 6.35. The number of benzene rings is 2. The molecule has 3 heterocycles. The molecule has 1 aromatic heterocycles. The molecule has 0 aliphatic carbocycles. The number of aromatic nitrogens is 1. The largest absolute Gasteiger partial charge is 0.502 e. The number of nitrogens with two attached hydrogens (primary N) is 1. The number of thioether (sulfide) groups is 1. The van der Waals surface area contributed by atoms with Crippen LogP contribution < -0.4 is 16.2 Å². The van der Waals surface area contributed by atoms with E-state index >= 15 is 0 Å². The van der Waals surface area contributed by atoms with E-state index in [-0.39, 0.29) is 0 Å². The predicted molar refractivity (Wildman–Crippen MR) is 135 cm³/mol. The summed E-state index contributed by atoms with van der Waals surface area (Å²) in [5.41, 5.74) is 4.81. The summed E-state index contributed by atoms with van der Waals surface area (Å²) in [7, 11) is 0. The number of fused-ring (bicyclic) bond motifs is 3. The smallest absolute Gasteiger partial charge is 0.408 e. The lowest BCUT2D eigenvalue weighted by molar-refractivity contribution is -0.173. The van der Waals surface area contributed by atoms with E-state index < -0.39 is 59.2 Å². The average Bonchev–Trinajstić information content (AvgIpc) is 3.03. The topological polar surface area (TPSA) is 109 Å². The summed E-state index contributed by atoms with van der Waals surface area (Å²) < 4.78 is 42.7. The Labute approximate surface area is 223 Å². The second kappa shape index (κ2) is 9.28. The van der Waals surface area contributed by atoms with Gasteiger partial charge in [0.05, 0.1) is 0 Å². The fraction of sp³-hybridized carbons (Fsp3) is 0.240. The lowest BCUT2D eigenvalue weighted by Gasteiger charge is -2.46. The van der Waals surface area contributed by atoms with Crippen molar-refractivity contribution < 1.29 is 27.9 Å². The van der Waals surface area contributed by atoms with Crippen LogP contribution in [-0.2, 0) is 5.75 Å². The van der Waals surface area contributed by atoms with Crippen LogP contribution in [0.1, 0.15) is 50.5 Å². The zero-order chi connectivity index (χ0) is 27.5. The SMILES string of the molecule is C[C@@H](N1CN([C@@H]2c3ccccc3SCc3cccc(Cl)c32)n2cc(C(N)=O)c(=O)c(O)c2C1=O)C(F)(F)F. The Morgan fingerprint density at radius 3 is 2.58 bits per heavy atom. The molecule has 0 saturated heterocycles. The van der Waals surface area contributed by atoms with Crippen LogP contribution in [0.2, 0.25) is 5.02 Å². The van der Waals surface area contributed by atoms with Gasteiger partial charge in [0, 0.05) is 27.4 Å². The molecule has 8 nitrogen and oxygen atoms in total. The summed E-state index contributed by atoms with van der Waals surface area (Å²) in [5.74, 6) is -3.07. The molecule has 0 spiro atoms. The maximum Gasteiger partial charge on any atom is 0.408 e. The van der Waals surface area contributed by atoms with Crippen LogP contribution in [0.4, 0.5) is 13.2 Å². The summed E-state index contributed by atoms with van der Waals surface area (Å²) in [6.07, 6.45) is -3.83. The van der Waals surface area contributed by atoms with Gasteiger partial charge in [-0.3, -0.25) is 24.1 Å².